The first-order valence-corrected chi connectivity index (χ1v) is 9.79. The van der Waals surface area contributed by atoms with Crippen LogP contribution in [0, 0.1) is 6.92 Å². The molecule has 132 valence electrons. The highest BCUT2D eigenvalue weighted by molar-refractivity contribution is 7.89. The molecule has 0 radical (unpaired) electrons. The summed E-state index contributed by atoms with van der Waals surface area (Å²) in [6.07, 6.45) is 5.46. The van der Waals surface area contributed by atoms with Crippen LogP contribution in [0.4, 0.5) is 5.82 Å². The fourth-order valence-corrected chi connectivity index (χ4v) is 4.22. The zero-order chi connectivity index (χ0) is 17.9. The van der Waals surface area contributed by atoms with Crippen LogP contribution in [0.3, 0.4) is 0 Å². The molecule has 1 fully saturated rings. The molecule has 6 nitrogen and oxygen atoms in total. The molecule has 2 aromatic rings. The third kappa shape index (κ3) is 4.43. The summed E-state index contributed by atoms with van der Waals surface area (Å²) in [5.41, 5.74) is 1.26. The summed E-state index contributed by atoms with van der Waals surface area (Å²) < 4.78 is 27.7. The number of aryl methyl sites for hydroxylation is 1. The van der Waals surface area contributed by atoms with E-state index in [2.05, 4.69) is 15.0 Å². The first-order valence-electron chi connectivity index (χ1n) is 8.30. The molecule has 1 aromatic heterocycles. The zero-order valence-corrected chi connectivity index (χ0v) is 14.8. The van der Waals surface area contributed by atoms with Gasteiger partial charge < -0.3 is 5.32 Å². The molecule has 2 N–H and O–H groups in total. The van der Waals surface area contributed by atoms with Gasteiger partial charge in [-0.15, -0.1) is 0 Å². The normalized spacial score (nSPS) is 15.2. The van der Waals surface area contributed by atoms with Gasteiger partial charge >= 0.3 is 0 Å². The van der Waals surface area contributed by atoms with Crippen molar-refractivity contribution in [1.29, 1.82) is 0 Å². The number of rotatable bonds is 5. The van der Waals surface area contributed by atoms with E-state index in [0.29, 0.717) is 5.82 Å². The number of hydrogen-bond donors (Lipinski definition) is 2. The van der Waals surface area contributed by atoms with Gasteiger partial charge in [0.05, 0.1) is 4.90 Å². The van der Waals surface area contributed by atoms with Gasteiger partial charge in [0, 0.05) is 17.8 Å². The van der Waals surface area contributed by atoms with E-state index in [0.717, 1.165) is 31.2 Å². The van der Waals surface area contributed by atoms with Crippen molar-refractivity contribution < 1.29 is 13.2 Å². The fraction of sp³-hybridized carbons (Fsp3) is 0.333. The lowest BCUT2D eigenvalue weighted by molar-refractivity contribution is 0.102. The average molecular weight is 359 g/mol. The lowest BCUT2D eigenvalue weighted by atomic mass is 10.2. The van der Waals surface area contributed by atoms with E-state index in [4.69, 9.17) is 0 Å². The number of nitrogens with one attached hydrogen (secondary N) is 2. The van der Waals surface area contributed by atoms with Gasteiger partial charge in [0.2, 0.25) is 10.0 Å². The predicted octanol–water partition coefficient (Wildman–Crippen LogP) is 2.86. The highest BCUT2D eigenvalue weighted by atomic mass is 32.2. The number of carbonyl (C=O) groups excluding carboxylic acids is 1. The van der Waals surface area contributed by atoms with E-state index in [1.165, 1.54) is 12.1 Å². The molecule has 1 aromatic carbocycles. The first-order chi connectivity index (χ1) is 11.9. The lowest BCUT2D eigenvalue weighted by Gasteiger charge is -2.13. The Labute approximate surface area is 147 Å². The molecule has 1 amide bonds. The van der Waals surface area contributed by atoms with Crippen molar-refractivity contribution in [2.75, 3.05) is 5.32 Å². The van der Waals surface area contributed by atoms with Crippen molar-refractivity contribution in [1.82, 2.24) is 9.71 Å². The van der Waals surface area contributed by atoms with E-state index >= 15 is 0 Å². The lowest BCUT2D eigenvalue weighted by Crippen LogP contribution is -2.32. The fourth-order valence-electron chi connectivity index (χ4n) is 2.87. The largest absolute Gasteiger partial charge is 0.307 e. The second-order valence-electron chi connectivity index (χ2n) is 6.31. The summed E-state index contributed by atoms with van der Waals surface area (Å²) in [6.45, 7) is 1.91. The smallest absolute Gasteiger partial charge is 0.256 e. The number of carbonyl (C=O) groups is 1. The van der Waals surface area contributed by atoms with E-state index in [9.17, 15) is 13.2 Å². The second kappa shape index (κ2) is 7.33. The summed E-state index contributed by atoms with van der Waals surface area (Å²) in [7, 11) is -3.62. The quantitative estimate of drug-likeness (QED) is 0.859. The van der Waals surface area contributed by atoms with Gasteiger partial charge in [0.25, 0.3) is 5.91 Å². The minimum atomic E-state index is -3.62. The van der Waals surface area contributed by atoms with Crippen LogP contribution in [0.5, 0.6) is 0 Å². The molecule has 0 unspecified atom stereocenters. The van der Waals surface area contributed by atoms with Crippen LogP contribution in [0.15, 0.2) is 47.5 Å². The number of sulfonamides is 1. The summed E-state index contributed by atoms with van der Waals surface area (Å²) >= 11 is 0. The number of aromatic nitrogens is 1. The SMILES string of the molecule is Cc1ccc(NC(=O)c2cccc(S(=O)(=O)NC3CCCC3)c2)nc1. The molecule has 0 saturated heterocycles. The molecule has 0 spiro atoms. The molecule has 1 aliphatic rings. The molecule has 0 aliphatic heterocycles. The highest BCUT2D eigenvalue weighted by Gasteiger charge is 2.23. The monoisotopic (exact) mass is 359 g/mol. The topological polar surface area (TPSA) is 88.2 Å². The van der Waals surface area contributed by atoms with Crippen molar-refractivity contribution in [3.8, 4) is 0 Å². The Morgan fingerprint density at radius 3 is 2.60 bits per heavy atom. The highest BCUT2D eigenvalue weighted by Crippen LogP contribution is 2.21. The minimum absolute atomic E-state index is 0.0146. The molecule has 0 atom stereocenters. The molecule has 1 aliphatic carbocycles. The zero-order valence-electron chi connectivity index (χ0n) is 14.0. The number of anilines is 1. The maximum absolute atomic E-state index is 12.5. The van der Waals surface area contributed by atoms with Crippen LogP contribution in [-0.2, 0) is 10.0 Å². The Hall–Kier alpha value is -2.25. The number of amides is 1. The number of hydrogen-bond acceptors (Lipinski definition) is 4. The number of pyridine rings is 1. The molecular formula is C18H21N3O3S. The molecule has 1 heterocycles. The van der Waals surface area contributed by atoms with Crippen molar-refractivity contribution >= 4 is 21.7 Å². The van der Waals surface area contributed by atoms with E-state index in [1.807, 2.05) is 13.0 Å². The van der Waals surface area contributed by atoms with Crippen molar-refractivity contribution in [3.63, 3.8) is 0 Å². The maximum atomic E-state index is 12.5. The van der Waals surface area contributed by atoms with Crippen LogP contribution in [-0.4, -0.2) is 25.4 Å². The molecule has 0 bridgehead atoms. The van der Waals surface area contributed by atoms with Crippen molar-refractivity contribution in [3.05, 3.63) is 53.7 Å². The van der Waals surface area contributed by atoms with Gasteiger partial charge in [-0.3, -0.25) is 4.79 Å². The van der Waals surface area contributed by atoms with Gasteiger partial charge in [0.15, 0.2) is 0 Å². The van der Waals surface area contributed by atoms with Crippen molar-refractivity contribution in [2.45, 2.75) is 43.5 Å². The van der Waals surface area contributed by atoms with Crippen LogP contribution >= 0.6 is 0 Å². The Morgan fingerprint density at radius 1 is 1.16 bits per heavy atom. The maximum Gasteiger partial charge on any atom is 0.256 e. The number of nitrogens with zero attached hydrogens (tertiary/aromatic N) is 1. The second-order valence-corrected chi connectivity index (χ2v) is 8.02. The summed E-state index contributed by atoms with van der Waals surface area (Å²) in [6, 6.07) is 9.57. The van der Waals surface area contributed by atoms with Gasteiger partial charge in [-0.2, -0.15) is 0 Å². The van der Waals surface area contributed by atoms with Gasteiger partial charge in [0.1, 0.15) is 5.82 Å². The molecule has 1 saturated carbocycles. The third-order valence-electron chi connectivity index (χ3n) is 4.24. The van der Waals surface area contributed by atoms with E-state index < -0.39 is 15.9 Å². The van der Waals surface area contributed by atoms with Gasteiger partial charge in [-0.1, -0.05) is 25.0 Å². The first kappa shape index (κ1) is 17.6. The predicted molar refractivity (Wildman–Crippen MR) is 95.9 cm³/mol. The van der Waals surface area contributed by atoms with Crippen molar-refractivity contribution in [2.24, 2.45) is 0 Å². The third-order valence-corrected chi connectivity index (χ3v) is 5.75. The average Bonchev–Trinajstić information content (AvgIpc) is 3.09. The van der Waals surface area contributed by atoms with Crippen LogP contribution < -0.4 is 10.0 Å². The Kier molecular flexibility index (Phi) is 5.15. The Morgan fingerprint density at radius 2 is 1.92 bits per heavy atom. The van der Waals surface area contributed by atoms with Gasteiger partial charge in [-0.25, -0.2) is 18.1 Å². The Balaban J connectivity index is 1.76. The van der Waals surface area contributed by atoms with E-state index in [-0.39, 0.29) is 16.5 Å². The standard InChI is InChI=1S/C18H21N3O3S/c1-13-9-10-17(19-12-13)20-18(22)14-5-4-8-16(11-14)25(23,24)21-15-6-2-3-7-15/h4-5,8-12,15,21H,2-3,6-7H2,1H3,(H,19,20,22). The number of benzene rings is 1. The summed E-state index contributed by atoms with van der Waals surface area (Å²) in [4.78, 5) is 16.6. The van der Waals surface area contributed by atoms with Gasteiger partial charge in [-0.05, 0) is 49.6 Å². The molecule has 25 heavy (non-hydrogen) atoms. The molecule has 3 rings (SSSR count). The molecule has 7 heteroatoms. The van der Waals surface area contributed by atoms with E-state index in [1.54, 1.807) is 24.4 Å². The molecular weight excluding hydrogens is 338 g/mol. The van der Waals surface area contributed by atoms with Crippen LogP contribution in [0.2, 0.25) is 0 Å². The minimum Gasteiger partial charge on any atom is -0.307 e. The summed E-state index contributed by atoms with van der Waals surface area (Å²) in [5.74, 6) is 0.0298. The Bertz CT molecular complexity index is 857. The van der Waals surface area contributed by atoms with Crippen LogP contribution in [0.25, 0.3) is 0 Å². The summed E-state index contributed by atoms with van der Waals surface area (Å²) in [5, 5.41) is 2.67. The van der Waals surface area contributed by atoms with Crippen LogP contribution in [0.1, 0.15) is 41.6 Å².